The molecule has 1 fully saturated rings. The van der Waals surface area contributed by atoms with Crippen molar-refractivity contribution in [1.29, 1.82) is 0 Å². The van der Waals surface area contributed by atoms with Crippen LogP contribution in [-0.2, 0) is 0 Å². The zero-order chi connectivity index (χ0) is 13.3. The standard InChI is InChI=1S/C11H13FIN3O2/c1-2-15(7-5-14-6-7)10-3-8(12)9(13)4-11(10)16(17)18/h3-4,7,14H,2,5-6H2,1H3. The lowest BCUT2D eigenvalue weighted by Crippen LogP contribution is -2.57. The van der Waals surface area contributed by atoms with E-state index in [4.69, 9.17) is 0 Å². The third-order valence-corrected chi connectivity index (χ3v) is 3.89. The van der Waals surface area contributed by atoms with Crippen molar-refractivity contribution in [2.24, 2.45) is 0 Å². The van der Waals surface area contributed by atoms with Crippen LogP contribution < -0.4 is 10.2 Å². The van der Waals surface area contributed by atoms with Crippen LogP contribution in [0.5, 0.6) is 0 Å². The van der Waals surface area contributed by atoms with Gasteiger partial charge in [-0.3, -0.25) is 10.1 Å². The molecule has 7 heteroatoms. The van der Waals surface area contributed by atoms with Gasteiger partial charge in [-0.2, -0.15) is 0 Å². The zero-order valence-corrected chi connectivity index (χ0v) is 12.0. The molecule has 0 radical (unpaired) electrons. The maximum absolute atomic E-state index is 13.6. The first-order valence-electron chi connectivity index (χ1n) is 5.65. The number of nitrogens with one attached hydrogen (secondary N) is 1. The van der Waals surface area contributed by atoms with Crippen molar-refractivity contribution in [3.05, 3.63) is 31.6 Å². The monoisotopic (exact) mass is 365 g/mol. The molecule has 1 aliphatic rings. The van der Waals surface area contributed by atoms with Gasteiger partial charge in [0.15, 0.2) is 0 Å². The zero-order valence-electron chi connectivity index (χ0n) is 9.82. The molecule has 2 rings (SSSR count). The van der Waals surface area contributed by atoms with Gasteiger partial charge in [0, 0.05) is 31.8 Å². The number of hydrogen-bond donors (Lipinski definition) is 1. The van der Waals surface area contributed by atoms with Gasteiger partial charge in [-0.15, -0.1) is 0 Å². The number of benzene rings is 1. The lowest BCUT2D eigenvalue weighted by Gasteiger charge is -2.38. The van der Waals surface area contributed by atoms with E-state index in [2.05, 4.69) is 5.32 Å². The number of rotatable bonds is 4. The average molecular weight is 365 g/mol. The Labute approximate surface area is 118 Å². The third kappa shape index (κ3) is 2.41. The highest BCUT2D eigenvalue weighted by Gasteiger charge is 2.29. The molecule has 98 valence electrons. The second-order valence-corrected chi connectivity index (χ2v) is 5.27. The lowest BCUT2D eigenvalue weighted by molar-refractivity contribution is -0.384. The molecule has 0 atom stereocenters. The third-order valence-electron chi connectivity index (χ3n) is 3.06. The molecule has 1 aliphatic heterocycles. The van der Waals surface area contributed by atoms with Gasteiger partial charge in [-0.25, -0.2) is 4.39 Å². The van der Waals surface area contributed by atoms with Crippen LogP contribution in [0.3, 0.4) is 0 Å². The summed E-state index contributed by atoms with van der Waals surface area (Å²) in [6, 6.07) is 2.76. The molecule has 0 unspecified atom stereocenters. The van der Waals surface area contributed by atoms with Crippen molar-refractivity contribution in [1.82, 2.24) is 5.32 Å². The Morgan fingerprint density at radius 2 is 2.28 bits per heavy atom. The summed E-state index contributed by atoms with van der Waals surface area (Å²) in [5.41, 5.74) is 0.335. The van der Waals surface area contributed by atoms with Crippen molar-refractivity contribution in [3.8, 4) is 0 Å². The van der Waals surface area contributed by atoms with Crippen LogP contribution in [0.1, 0.15) is 6.92 Å². The van der Waals surface area contributed by atoms with Crippen molar-refractivity contribution in [3.63, 3.8) is 0 Å². The summed E-state index contributed by atoms with van der Waals surface area (Å²) in [4.78, 5) is 12.5. The Morgan fingerprint density at radius 3 is 2.72 bits per heavy atom. The minimum absolute atomic E-state index is 0.0328. The molecule has 0 bridgehead atoms. The quantitative estimate of drug-likeness (QED) is 0.505. The highest BCUT2D eigenvalue weighted by atomic mass is 127. The fourth-order valence-electron chi connectivity index (χ4n) is 2.02. The Morgan fingerprint density at radius 1 is 1.61 bits per heavy atom. The number of halogens is 2. The first-order valence-corrected chi connectivity index (χ1v) is 6.73. The van der Waals surface area contributed by atoms with Gasteiger partial charge in [-0.1, -0.05) is 0 Å². The molecule has 0 saturated carbocycles. The highest BCUT2D eigenvalue weighted by Crippen LogP contribution is 2.33. The van der Waals surface area contributed by atoms with Gasteiger partial charge in [0.2, 0.25) is 0 Å². The van der Waals surface area contributed by atoms with Crippen molar-refractivity contribution in [2.75, 3.05) is 24.5 Å². The first-order chi connectivity index (χ1) is 8.54. The van der Waals surface area contributed by atoms with Crippen LogP contribution in [0.25, 0.3) is 0 Å². The van der Waals surface area contributed by atoms with Gasteiger partial charge in [0.05, 0.1) is 14.5 Å². The SMILES string of the molecule is CCN(c1cc(F)c(I)cc1[N+](=O)[O-])C1CNC1. The maximum atomic E-state index is 13.6. The summed E-state index contributed by atoms with van der Waals surface area (Å²) in [6.45, 7) is 4.09. The Balaban J connectivity index is 2.46. The van der Waals surface area contributed by atoms with E-state index in [1.54, 1.807) is 22.6 Å². The summed E-state index contributed by atoms with van der Waals surface area (Å²) >= 11 is 1.77. The predicted molar refractivity (Wildman–Crippen MR) is 75.4 cm³/mol. The largest absolute Gasteiger partial charge is 0.361 e. The number of nitrogens with zero attached hydrogens (tertiary/aromatic N) is 2. The minimum atomic E-state index is -0.453. The smallest absolute Gasteiger partial charge is 0.293 e. The molecule has 5 nitrogen and oxygen atoms in total. The van der Waals surface area contributed by atoms with Crippen LogP contribution in [0.4, 0.5) is 15.8 Å². The van der Waals surface area contributed by atoms with E-state index < -0.39 is 10.7 Å². The maximum Gasteiger partial charge on any atom is 0.293 e. The van der Waals surface area contributed by atoms with E-state index in [0.29, 0.717) is 12.2 Å². The average Bonchev–Trinajstić information content (AvgIpc) is 2.26. The van der Waals surface area contributed by atoms with E-state index in [-0.39, 0.29) is 15.3 Å². The van der Waals surface area contributed by atoms with E-state index in [0.717, 1.165) is 13.1 Å². The van der Waals surface area contributed by atoms with Gasteiger partial charge < -0.3 is 10.2 Å². The number of likely N-dealkylation sites (N-methyl/N-ethyl adjacent to an activating group) is 1. The molecule has 1 heterocycles. The molecule has 0 aliphatic carbocycles. The summed E-state index contributed by atoms with van der Waals surface area (Å²) in [5, 5.41) is 14.2. The number of anilines is 1. The van der Waals surface area contributed by atoms with Gasteiger partial charge in [0.25, 0.3) is 5.69 Å². The first kappa shape index (κ1) is 13.5. The molecule has 0 amide bonds. The van der Waals surface area contributed by atoms with Crippen molar-refractivity contribution >= 4 is 34.0 Å². The molecule has 18 heavy (non-hydrogen) atoms. The van der Waals surface area contributed by atoms with E-state index in [9.17, 15) is 14.5 Å². The van der Waals surface area contributed by atoms with E-state index >= 15 is 0 Å². The fraction of sp³-hybridized carbons (Fsp3) is 0.455. The van der Waals surface area contributed by atoms with Gasteiger partial charge in [-0.05, 0) is 29.5 Å². The van der Waals surface area contributed by atoms with Crippen LogP contribution in [0, 0.1) is 19.5 Å². The Kier molecular flexibility index (Phi) is 4.00. The van der Waals surface area contributed by atoms with Crippen molar-refractivity contribution in [2.45, 2.75) is 13.0 Å². The van der Waals surface area contributed by atoms with Crippen LogP contribution >= 0.6 is 22.6 Å². The molecule has 1 N–H and O–H groups in total. The molecule has 1 aromatic carbocycles. The normalized spacial score (nSPS) is 15.3. The summed E-state index contributed by atoms with van der Waals surface area (Å²) in [7, 11) is 0. The van der Waals surface area contributed by atoms with Crippen LogP contribution in [0.2, 0.25) is 0 Å². The molecule has 0 spiro atoms. The van der Waals surface area contributed by atoms with Gasteiger partial charge >= 0.3 is 0 Å². The number of hydrogen-bond acceptors (Lipinski definition) is 4. The summed E-state index contributed by atoms with van der Waals surface area (Å²) in [6.07, 6.45) is 0. The molecular weight excluding hydrogens is 352 g/mol. The molecule has 1 saturated heterocycles. The second kappa shape index (κ2) is 5.35. The van der Waals surface area contributed by atoms with Crippen LogP contribution in [-0.4, -0.2) is 30.6 Å². The molecule has 1 aromatic rings. The van der Waals surface area contributed by atoms with Gasteiger partial charge in [0.1, 0.15) is 11.5 Å². The van der Waals surface area contributed by atoms with E-state index in [1.807, 2.05) is 11.8 Å². The molecular formula is C11H13FIN3O2. The fourth-order valence-corrected chi connectivity index (χ4v) is 2.47. The highest BCUT2D eigenvalue weighted by molar-refractivity contribution is 14.1. The topological polar surface area (TPSA) is 58.4 Å². The Bertz CT molecular complexity index is 480. The number of nitro groups is 1. The second-order valence-electron chi connectivity index (χ2n) is 4.11. The predicted octanol–water partition coefficient (Wildman–Crippen LogP) is 2.14. The minimum Gasteiger partial charge on any atom is -0.361 e. The summed E-state index contributed by atoms with van der Waals surface area (Å²) in [5.74, 6) is -0.415. The molecule has 0 aromatic heterocycles. The Hall–Kier alpha value is -0.960. The summed E-state index contributed by atoms with van der Waals surface area (Å²) < 4.78 is 13.9. The van der Waals surface area contributed by atoms with E-state index in [1.165, 1.54) is 12.1 Å². The number of nitro benzene ring substituents is 1. The van der Waals surface area contributed by atoms with Crippen LogP contribution in [0.15, 0.2) is 12.1 Å². The lowest BCUT2D eigenvalue weighted by atomic mass is 10.1. The van der Waals surface area contributed by atoms with Crippen molar-refractivity contribution < 1.29 is 9.31 Å².